The smallest absolute Gasteiger partial charge is 0.186 e. The van der Waals surface area contributed by atoms with Gasteiger partial charge in [0.2, 0.25) is 0 Å². The van der Waals surface area contributed by atoms with Crippen molar-refractivity contribution < 1.29 is 5.11 Å². The standard InChI is InChI=1S/C15H20N2OS/c1-4-17(11(2)3)15-16-14(13(10-18)19-15)12-8-6-5-7-9-12/h5-9,11,18H,4,10H2,1-3H3. The summed E-state index contributed by atoms with van der Waals surface area (Å²) in [6.07, 6.45) is 0. The number of hydrogen-bond donors (Lipinski definition) is 1. The molecule has 0 aliphatic heterocycles. The van der Waals surface area contributed by atoms with Gasteiger partial charge in [0.05, 0.1) is 17.2 Å². The molecule has 0 bridgehead atoms. The Morgan fingerprint density at radius 3 is 2.47 bits per heavy atom. The number of benzene rings is 1. The van der Waals surface area contributed by atoms with Gasteiger partial charge in [0.15, 0.2) is 5.13 Å². The molecule has 0 fully saturated rings. The molecule has 4 heteroatoms. The largest absolute Gasteiger partial charge is 0.391 e. The molecule has 2 rings (SSSR count). The van der Waals surface area contributed by atoms with Gasteiger partial charge in [-0.2, -0.15) is 0 Å². The molecule has 0 amide bonds. The Hall–Kier alpha value is -1.39. The number of nitrogens with zero attached hydrogens (tertiary/aromatic N) is 2. The van der Waals surface area contributed by atoms with E-state index in [1.165, 1.54) is 0 Å². The zero-order chi connectivity index (χ0) is 13.8. The normalized spacial score (nSPS) is 11.0. The number of aliphatic hydroxyl groups excluding tert-OH is 1. The average Bonchev–Trinajstić information content (AvgIpc) is 2.84. The van der Waals surface area contributed by atoms with Gasteiger partial charge in [-0.25, -0.2) is 4.98 Å². The molecule has 102 valence electrons. The van der Waals surface area contributed by atoms with Gasteiger partial charge in [-0.05, 0) is 20.8 Å². The first kappa shape index (κ1) is 14.0. The van der Waals surface area contributed by atoms with Crippen molar-refractivity contribution in [3.05, 3.63) is 35.2 Å². The van der Waals surface area contributed by atoms with Gasteiger partial charge in [-0.3, -0.25) is 0 Å². The van der Waals surface area contributed by atoms with E-state index in [1.807, 2.05) is 30.3 Å². The van der Waals surface area contributed by atoms with Crippen LogP contribution in [0.5, 0.6) is 0 Å². The van der Waals surface area contributed by atoms with Crippen LogP contribution in [0, 0.1) is 0 Å². The third kappa shape index (κ3) is 2.96. The highest BCUT2D eigenvalue weighted by Gasteiger charge is 2.17. The lowest BCUT2D eigenvalue weighted by Gasteiger charge is -2.24. The van der Waals surface area contributed by atoms with E-state index in [4.69, 9.17) is 4.98 Å². The number of rotatable bonds is 5. The highest BCUT2D eigenvalue weighted by Crippen LogP contribution is 2.33. The van der Waals surface area contributed by atoms with Gasteiger partial charge in [0.1, 0.15) is 0 Å². The van der Waals surface area contributed by atoms with Crippen molar-refractivity contribution in [3.8, 4) is 11.3 Å². The summed E-state index contributed by atoms with van der Waals surface area (Å²) in [5.41, 5.74) is 1.97. The summed E-state index contributed by atoms with van der Waals surface area (Å²) in [7, 11) is 0. The van der Waals surface area contributed by atoms with E-state index in [0.717, 1.165) is 27.8 Å². The molecule has 1 aromatic heterocycles. The first-order valence-electron chi connectivity index (χ1n) is 6.60. The summed E-state index contributed by atoms with van der Waals surface area (Å²) in [6, 6.07) is 10.5. The van der Waals surface area contributed by atoms with Crippen molar-refractivity contribution in [1.82, 2.24) is 4.98 Å². The van der Waals surface area contributed by atoms with Crippen LogP contribution in [0.1, 0.15) is 25.6 Å². The zero-order valence-electron chi connectivity index (χ0n) is 11.6. The first-order chi connectivity index (χ1) is 9.17. The molecule has 2 aromatic rings. The monoisotopic (exact) mass is 276 g/mol. The van der Waals surface area contributed by atoms with Crippen LogP contribution in [-0.4, -0.2) is 22.7 Å². The lowest BCUT2D eigenvalue weighted by Crippen LogP contribution is -2.30. The van der Waals surface area contributed by atoms with Gasteiger partial charge in [-0.1, -0.05) is 41.7 Å². The van der Waals surface area contributed by atoms with E-state index < -0.39 is 0 Å². The fraction of sp³-hybridized carbons (Fsp3) is 0.400. The minimum Gasteiger partial charge on any atom is -0.391 e. The van der Waals surface area contributed by atoms with E-state index in [9.17, 15) is 5.11 Å². The zero-order valence-corrected chi connectivity index (χ0v) is 12.4. The minimum absolute atomic E-state index is 0.0392. The summed E-state index contributed by atoms with van der Waals surface area (Å²) >= 11 is 1.58. The molecule has 3 nitrogen and oxygen atoms in total. The van der Waals surface area contributed by atoms with Crippen molar-refractivity contribution in [2.45, 2.75) is 33.4 Å². The van der Waals surface area contributed by atoms with E-state index >= 15 is 0 Å². The van der Waals surface area contributed by atoms with Crippen LogP contribution >= 0.6 is 11.3 Å². The van der Waals surface area contributed by atoms with Gasteiger partial charge in [0.25, 0.3) is 0 Å². The second-order valence-corrected chi connectivity index (χ2v) is 5.73. The van der Waals surface area contributed by atoms with E-state index in [1.54, 1.807) is 11.3 Å². The highest BCUT2D eigenvalue weighted by molar-refractivity contribution is 7.16. The average molecular weight is 276 g/mol. The second kappa shape index (κ2) is 6.17. The predicted octanol–water partition coefficient (Wildman–Crippen LogP) is 3.54. The van der Waals surface area contributed by atoms with Gasteiger partial charge < -0.3 is 10.0 Å². The minimum atomic E-state index is 0.0392. The maximum Gasteiger partial charge on any atom is 0.186 e. The Balaban J connectivity index is 2.43. The number of hydrogen-bond acceptors (Lipinski definition) is 4. The summed E-state index contributed by atoms with van der Waals surface area (Å²) in [5.74, 6) is 0. The maximum absolute atomic E-state index is 9.54. The predicted molar refractivity (Wildman–Crippen MR) is 81.6 cm³/mol. The van der Waals surface area contributed by atoms with Crippen LogP contribution in [0.3, 0.4) is 0 Å². The van der Waals surface area contributed by atoms with Crippen LogP contribution in [0.25, 0.3) is 11.3 Å². The fourth-order valence-electron chi connectivity index (χ4n) is 2.11. The van der Waals surface area contributed by atoms with E-state index in [-0.39, 0.29) is 6.61 Å². The van der Waals surface area contributed by atoms with Crippen molar-refractivity contribution in [2.75, 3.05) is 11.4 Å². The second-order valence-electron chi connectivity index (χ2n) is 4.67. The van der Waals surface area contributed by atoms with Crippen molar-refractivity contribution >= 4 is 16.5 Å². The molecule has 0 aliphatic carbocycles. The molecular formula is C15H20N2OS. The quantitative estimate of drug-likeness (QED) is 0.907. The molecule has 0 radical (unpaired) electrons. The Morgan fingerprint density at radius 2 is 1.95 bits per heavy atom. The highest BCUT2D eigenvalue weighted by atomic mass is 32.1. The molecule has 19 heavy (non-hydrogen) atoms. The molecule has 0 saturated carbocycles. The third-order valence-corrected chi connectivity index (χ3v) is 4.16. The molecule has 1 aromatic carbocycles. The fourth-order valence-corrected chi connectivity index (χ4v) is 3.25. The maximum atomic E-state index is 9.54. The van der Waals surface area contributed by atoms with Crippen molar-refractivity contribution in [1.29, 1.82) is 0 Å². The first-order valence-corrected chi connectivity index (χ1v) is 7.41. The molecule has 0 saturated heterocycles. The van der Waals surface area contributed by atoms with Crippen molar-refractivity contribution in [2.24, 2.45) is 0 Å². The lowest BCUT2D eigenvalue weighted by atomic mass is 10.1. The Morgan fingerprint density at radius 1 is 1.26 bits per heavy atom. The van der Waals surface area contributed by atoms with Gasteiger partial charge in [0, 0.05) is 18.2 Å². The summed E-state index contributed by atoms with van der Waals surface area (Å²) in [5, 5.41) is 10.5. The van der Waals surface area contributed by atoms with Gasteiger partial charge >= 0.3 is 0 Å². The number of aromatic nitrogens is 1. The third-order valence-electron chi connectivity index (χ3n) is 3.09. The molecule has 0 unspecified atom stereocenters. The molecule has 1 N–H and O–H groups in total. The SMILES string of the molecule is CCN(c1nc(-c2ccccc2)c(CO)s1)C(C)C. The van der Waals surface area contributed by atoms with Crippen LogP contribution in [0.15, 0.2) is 30.3 Å². The number of thiazole rings is 1. The molecule has 0 spiro atoms. The number of anilines is 1. The molecular weight excluding hydrogens is 256 g/mol. The Labute approximate surface area is 118 Å². The summed E-state index contributed by atoms with van der Waals surface area (Å²) < 4.78 is 0. The lowest BCUT2D eigenvalue weighted by molar-refractivity contribution is 0.286. The van der Waals surface area contributed by atoms with E-state index in [0.29, 0.717) is 6.04 Å². The van der Waals surface area contributed by atoms with Crippen LogP contribution < -0.4 is 4.90 Å². The number of aliphatic hydroxyl groups is 1. The molecule has 0 aliphatic rings. The van der Waals surface area contributed by atoms with Crippen molar-refractivity contribution in [3.63, 3.8) is 0 Å². The van der Waals surface area contributed by atoms with E-state index in [2.05, 4.69) is 25.7 Å². The summed E-state index contributed by atoms with van der Waals surface area (Å²) in [6.45, 7) is 7.40. The summed E-state index contributed by atoms with van der Waals surface area (Å²) in [4.78, 5) is 7.91. The van der Waals surface area contributed by atoms with Gasteiger partial charge in [-0.15, -0.1) is 0 Å². The Kier molecular flexibility index (Phi) is 4.56. The molecule has 0 atom stereocenters. The van der Waals surface area contributed by atoms with Crippen LogP contribution in [-0.2, 0) is 6.61 Å². The molecule has 1 heterocycles. The Bertz CT molecular complexity index is 522. The van der Waals surface area contributed by atoms with Crippen LogP contribution in [0.2, 0.25) is 0 Å². The van der Waals surface area contributed by atoms with Crippen LogP contribution in [0.4, 0.5) is 5.13 Å². The topological polar surface area (TPSA) is 36.4 Å².